The first-order chi connectivity index (χ1) is 9.28. The maximum absolute atomic E-state index is 5.68. The summed E-state index contributed by atoms with van der Waals surface area (Å²) in [5.41, 5.74) is 0. The van der Waals surface area contributed by atoms with Crippen molar-refractivity contribution in [1.29, 1.82) is 0 Å². The number of ether oxygens (including phenoxy) is 1. The number of hydrogen-bond acceptors (Lipinski definition) is 4. The molecule has 1 N–H and O–H groups in total. The third-order valence-electron chi connectivity index (χ3n) is 2.94. The van der Waals surface area contributed by atoms with Crippen LogP contribution in [0.15, 0.2) is 36.5 Å². The molecular formula is C15H20N2OS. The monoisotopic (exact) mass is 276 g/mol. The molecule has 19 heavy (non-hydrogen) atoms. The third kappa shape index (κ3) is 4.65. The fraction of sp³-hybridized carbons (Fsp3) is 0.400. The Labute approximate surface area is 118 Å². The van der Waals surface area contributed by atoms with Crippen molar-refractivity contribution in [1.82, 2.24) is 10.3 Å². The molecule has 0 saturated carbocycles. The molecule has 4 heteroatoms. The van der Waals surface area contributed by atoms with Gasteiger partial charge in [-0.1, -0.05) is 25.1 Å². The van der Waals surface area contributed by atoms with Crippen LogP contribution in [-0.2, 0) is 13.2 Å². The number of nitrogens with one attached hydrogen (secondary N) is 1. The van der Waals surface area contributed by atoms with Gasteiger partial charge >= 0.3 is 0 Å². The fourth-order valence-corrected chi connectivity index (χ4v) is 2.36. The van der Waals surface area contributed by atoms with Gasteiger partial charge in [0.25, 0.3) is 0 Å². The first-order valence-corrected chi connectivity index (χ1v) is 7.44. The molecule has 1 aromatic heterocycles. The molecule has 1 aromatic carbocycles. The second-order valence-corrected chi connectivity index (χ2v) is 5.71. The highest BCUT2D eigenvalue weighted by atomic mass is 32.1. The predicted molar refractivity (Wildman–Crippen MR) is 79.5 cm³/mol. The lowest BCUT2D eigenvalue weighted by atomic mass is 10.2. The largest absolute Gasteiger partial charge is 0.486 e. The lowest BCUT2D eigenvalue weighted by Gasteiger charge is -2.08. The van der Waals surface area contributed by atoms with Crippen LogP contribution in [0.2, 0.25) is 0 Å². The van der Waals surface area contributed by atoms with Gasteiger partial charge in [0.2, 0.25) is 0 Å². The van der Waals surface area contributed by atoms with Crippen molar-refractivity contribution in [3.63, 3.8) is 0 Å². The number of hydrogen-bond donors (Lipinski definition) is 1. The molecule has 0 bridgehead atoms. The van der Waals surface area contributed by atoms with Crippen molar-refractivity contribution >= 4 is 11.3 Å². The summed E-state index contributed by atoms with van der Waals surface area (Å²) in [5, 5.41) is 4.48. The minimum Gasteiger partial charge on any atom is -0.486 e. The van der Waals surface area contributed by atoms with Gasteiger partial charge in [-0.05, 0) is 25.5 Å². The number of para-hydroxylation sites is 1. The fourth-order valence-electron chi connectivity index (χ4n) is 1.58. The minimum atomic E-state index is 0.540. The molecule has 0 saturated heterocycles. The standard InChI is InChI=1S/C15H20N2OS/c1-3-12(2)16-9-14-10-17-15(19-14)11-18-13-7-5-4-6-8-13/h4-8,10,12,16H,3,9,11H2,1-2H3. The van der Waals surface area contributed by atoms with E-state index in [0.717, 1.165) is 23.7 Å². The van der Waals surface area contributed by atoms with Gasteiger partial charge in [0.05, 0.1) is 0 Å². The van der Waals surface area contributed by atoms with Gasteiger partial charge in [-0.2, -0.15) is 0 Å². The molecule has 102 valence electrons. The van der Waals surface area contributed by atoms with E-state index in [1.165, 1.54) is 4.88 Å². The third-order valence-corrected chi connectivity index (χ3v) is 3.91. The van der Waals surface area contributed by atoms with E-state index in [4.69, 9.17) is 4.74 Å². The molecule has 0 aliphatic heterocycles. The topological polar surface area (TPSA) is 34.2 Å². The molecule has 1 unspecified atom stereocenters. The normalized spacial score (nSPS) is 12.3. The van der Waals surface area contributed by atoms with Crippen LogP contribution in [0.3, 0.4) is 0 Å². The van der Waals surface area contributed by atoms with Gasteiger partial charge in [-0.3, -0.25) is 0 Å². The van der Waals surface area contributed by atoms with E-state index in [2.05, 4.69) is 24.1 Å². The average Bonchev–Trinajstić information content (AvgIpc) is 2.91. The zero-order chi connectivity index (χ0) is 13.5. The maximum Gasteiger partial charge on any atom is 0.140 e. The second-order valence-electron chi connectivity index (χ2n) is 4.51. The van der Waals surface area contributed by atoms with Crippen LogP contribution in [0.5, 0.6) is 5.75 Å². The lowest BCUT2D eigenvalue weighted by molar-refractivity contribution is 0.305. The van der Waals surface area contributed by atoms with E-state index in [1.54, 1.807) is 11.3 Å². The van der Waals surface area contributed by atoms with E-state index in [-0.39, 0.29) is 0 Å². The average molecular weight is 276 g/mol. The Morgan fingerprint density at radius 3 is 2.84 bits per heavy atom. The molecule has 0 aliphatic carbocycles. The molecule has 2 aromatic rings. The zero-order valence-corrected chi connectivity index (χ0v) is 12.2. The zero-order valence-electron chi connectivity index (χ0n) is 11.4. The number of nitrogens with zero attached hydrogens (tertiary/aromatic N) is 1. The number of thiazole rings is 1. The van der Waals surface area contributed by atoms with Gasteiger partial charge in [-0.15, -0.1) is 11.3 Å². The predicted octanol–water partition coefficient (Wildman–Crippen LogP) is 3.61. The smallest absolute Gasteiger partial charge is 0.140 e. The molecule has 2 rings (SSSR count). The minimum absolute atomic E-state index is 0.540. The molecule has 0 radical (unpaired) electrons. The van der Waals surface area contributed by atoms with Crippen molar-refractivity contribution in [3.05, 3.63) is 46.4 Å². The SMILES string of the molecule is CCC(C)NCc1cnc(COc2ccccc2)s1. The summed E-state index contributed by atoms with van der Waals surface area (Å²) >= 11 is 1.71. The highest BCUT2D eigenvalue weighted by molar-refractivity contribution is 7.11. The van der Waals surface area contributed by atoms with E-state index in [0.29, 0.717) is 12.6 Å². The number of aromatic nitrogens is 1. The summed E-state index contributed by atoms with van der Waals surface area (Å²) in [7, 11) is 0. The quantitative estimate of drug-likeness (QED) is 0.839. The second kappa shape index (κ2) is 7.26. The van der Waals surface area contributed by atoms with Gasteiger partial charge in [0.15, 0.2) is 0 Å². The molecule has 0 spiro atoms. The van der Waals surface area contributed by atoms with Crippen LogP contribution in [0.1, 0.15) is 30.2 Å². The van der Waals surface area contributed by atoms with E-state index < -0.39 is 0 Å². The highest BCUT2D eigenvalue weighted by Gasteiger charge is 2.04. The molecular weight excluding hydrogens is 256 g/mol. The van der Waals surface area contributed by atoms with Crippen molar-refractivity contribution in [2.45, 2.75) is 39.5 Å². The van der Waals surface area contributed by atoms with Crippen LogP contribution in [0.25, 0.3) is 0 Å². The summed E-state index contributed by atoms with van der Waals surface area (Å²) in [5.74, 6) is 0.886. The Kier molecular flexibility index (Phi) is 5.36. The van der Waals surface area contributed by atoms with Gasteiger partial charge < -0.3 is 10.1 Å². The molecule has 3 nitrogen and oxygen atoms in total. The highest BCUT2D eigenvalue weighted by Crippen LogP contribution is 2.16. The van der Waals surface area contributed by atoms with Crippen LogP contribution in [-0.4, -0.2) is 11.0 Å². The van der Waals surface area contributed by atoms with Crippen molar-refractivity contribution in [2.24, 2.45) is 0 Å². The summed E-state index contributed by atoms with van der Waals surface area (Å²) in [6.07, 6.45) is 3.08. The maximum atomic E-state index is 5.68. The lowest BCUT2D eigenvalue weighted by Crippen LogP contribution is -2.23. The molecule has 0 fully saturated rings. The van der Waals surface area contributed by atoms with Crippen molar-refractivity contribution < 1.29 is 4.74 Å². The Balaban J connectivity index is 1.81. The number of benzene rings is 1. The molecule has 0 amide bonds. The Morgan fingerprint density at radius 1 is 1.32 bits per heavy atom. The Hall–Kier alpha value is -1.39. The van der Waals surface area contributed by atoms with E-state index in [9.17, 15) is 0 Å². The molecule has 1 atom stereocenters. The Bertz CT molecular complexity index is 484. The van der Waals surface area contributed by atoms with Gasteiger partial charge in [0.1, 0.15) is 17.4 Å². The van der Waals surface area contributed by atoms with Gasteiger partial charge in [0, 0.05) is 23.7 Å². The summed E-state index contributed by atoms with van der Waals surface area (Å²) in [4.78, 5) is 5.64. The van der Waals surface area contributed by atoms with Crippen molar-refractivity contribution in [3.8, 4) is 5.75 Å². The molecule has 1 heterocycles. The van der Waals surface area contributed by atoms with E-state index >= 15 is 0 Å². The Morgan fingerprint density at radius 2 is 2.11 bits per heavy atom. The van der Waals surface area contributed by atoms with Crippen molar-refractivity contribution in [2.75, 3.05) is 0 Å². The van der Waals surface area contributed by atoms with Crippen LogP contribution in [0, 0.1) is 0 Å². The van der Waals surface area contributed by atoms with Gasteiger partial charge in [-0.25, -0.2) is 4.98 Å². The summed E-state index contributed by atoms with van der Waals surface area (Å²) < 4.78 is 5.68. The molecule has 0 aliphatic rings. The number of rotatable bonds is 7. The summed E-state index contributed by atoms with van der Waals surface area (Å²) in [6.45, 7) is 5.81. The van der Waals surface area contributed by atoms with Crippen LogP contribution in [0.4, 0.5) is 0 Å². The summed E-state index contributed by atoms with van der Waals surface area (Å²) in [6, 6.07) is 10.4. The first kappa shape index (κ1) is 14.0. The first-order valence-electron chi connectivity index (χ1n) is 6.62. The van der Waals surface area contributed by atoms with Crippen LogP contribution < -0.4 is 10.1 Å². The van der Waals surface area contributed by atoms with E-state index in [1.807, 2.05) is 36.5 Å². The van der Waals surface area contributed by atoms with Crippen LogP contribution >= 0.6 is 11.3 Å².